The lowest BCUT2D eigenvalue weighted by Gasteiger charge is -2.05. The average Bonchev–Trinajstić information content (AvgIpc) is 2.82. The number of amidine groups is 1. The fraction of sp³-hybridized carbons (Fsp3) is 0. The van der Waals surface area contributed by atoms with E-state index in [2.05, 4.69) is 25.4 Å². The predicted octanol–water partition coefficient (Wildman–Crippen LogP) is 0.771. The van der Waals surface area contributed by atoms with Crippen LogP contribution in [0.25, 0.3) is 0 Å². The molecule has 0 saturated carbocycles. The highest BCUT2D eigenvalue weighted by atomic mass is 16.6. The molecule has 0 unspecified atom stereocenters. The molecule has 0 aliphatic carbocycles. The molecule has 0 saturated heterocycles. The molecule has 2 rings (SSSR count). The van der Waals surface area contributed by atoms with Crippen molar-refractivity contribution < 1.29 is 9.84 Å². The second kappa shape index (κ2) is 4.84. The van der Waals surface area contributed by atoms with E-state index in [0.717, 1.165) is 0 Å². The largest absolute Gasteiger partial charge is 0.409 e. The van der Waals surface area contributed by atoms with Crippen LogP contribution >= 0.6 is 0 Å². The summed E-state index contributed by atoms with van der Waals surface area (Å²) in [5.74, 6) is -0.0319. The van der Waals surface area contributed by atoms with Crippen LogP contribution in [-0.4, -0.2) is 21.4 Å². The lowest BCUT2D eigenvalue weighted by atomic mass is 10.2. The molecule has 90 valence electrons. The first-order valence-electron chi connectivity index (χ1n) is 4.82. The second-order valence-corrected chi connectivity index (χ2v) is 3.26. The molecule has 18 heavy (non-hydrogen) atoms. The zero-order valence-electron chi connectivity index (χ0n) is 9.03. The number of nitrogens with zero attached hydrogens (tertiary/aromatic N) is 4. The van der Waals surface area contributed by atoms with Gasteiger partial charge in [0.25, 0.3) is 0 Å². The molecule has 1 aromatic carbocycles. The van der Waals surface area contributed by atoms with Crippen LogP contribution in [0.1, 0.15) is 11.3 Å². The predicted molar refractivity (Wildman–Crippen MR) is 61.8 cm³/mol. The SMILES string of the molecule is N#Cc1cccc(N/C(=N/O)c2nonc2N)c1. The fourth-order valence-electron chi connectivity index (χ4n) is 1.29. The highest BCUT2D eigenvalue weighted by Gasteiger charge is 2.15. The van der Waals surface area contributed by atoms with E-state index in [-0.39, 0.29) is 17.3 Å². The summed E-state index contributed by atoms with van der Waals surface area (Å²) in [4.78, 5) is 0. The van der Waals surface area contributed by atoms with E-state index >= 15 is 0 Å². The minimum Gasteiger partial charge on any atom is -0.409 e. The van der Waals surface area contributed by atoms with E-state index < -0.39 is 0 Å². The van der Waals surface area contributed by atoms with E-state index in [1.807, 2.05) is 6.07 Å². The Balaban J connectivity index is 2.27. The van der Waals surface area contributed by atoms with Gasteiger partial charge in [0.15, 0.2) is 11.5 Å². The van der Waals surface area contributed by atoms with E-state index in [4.69, 9.17) is 16.2 Å². The van der Waals surface area contributed by atoms with Crippen molar-refractivity contribution in [3.05, 3.63) is 35.5 Å². The Morgan fingerprint density at radius 3 is 2.94 bits per heavy atom. The number of hydrogen-bond acceptors (Lipinski definition) is 7. The van der Waals surface area contributed by atoms with Gasteiger partial charge in [0.05, 0.1) is 11.6 Å². The Labute approximate surface area is 101 Å². The first-order chi connectivity index (χ1) is 8.74. The summed E-state index contributed by atoms with van der Waals surface area (Å²) >= 11 is 0. The van der Waals surface area contributed by atoms with Crippen LogP contribution in [0.3, 0.4) is 0 Å². The van der Waals surface area contributed by atoms with Gasteiger partial charge in [0.1, 0.15) is 0 Å². The molecule has 0 bridgehead atoms. The number of nitrogens with one attached hydrogen (secondary N) is 1. The number of nitrogens with two attached hydrogens (primary N) is 1. The Kier molecular flexibility index (Phi) is 3.06. The van der Waals surface area contributed by atoms with Gasteiger partial charge in [0.2, 0.25) is 5.84 Å². The van der Waals surface area contributed by atoms with Crippen LogP contribution in [0.5, 0.6) is 0 Å². The minimum atomic E-state index is -0.0242. The fourth-order valence-corrected chi connectivity index (χ4v) is 1.29. The normalized spacial score (nSPS) is 10.9. The van der Waals surface area contributed by atoms with Crippen molar-refractivity contribution in [1.29, 1.82) is 5.26 Å². The molecule has 0 amide bonds. The van der Waals surface area contributed by atoms with Crippen LogP contribution in [0.15, 0.2) is 34.1 Å². The third-order valence-corrected chi connectivity index (χ3v) is 2.09. The molecule has 2 aromatic rings. The summed E-state index contributed by atoms with van der Waals surface area (Å²) in [7, 11) is 0. The second-order valence-electron chi connectivity index (χ2n) is 3.26. The van der Waals surface area contributed by atoms with Crippen LogP contribution < -0.4 is 11.1 Å². The number of nitriles is 1. The summed E-state index contributed by atoms with van der Waals surface area (Å²) in [5, 5.41) is 30.3. The Morgan fingerprint density at radius 1 is 1.50 bits per heavy atom. The molecule has 0 radical (unpaired) electrons. The number of oxime groups is 1. The molecule has 1 aromatic heterocycles. The highest BCUT2D eigenvalue weighted by Crippen LogP contribution is 2.13. The maximum atomic E-state index is 8.91. The molecule has 8 heteroatoms. The van der Waals surface area contributed by atoms with Crippen molar-refractivity contribution in [3.63, 3.8) is 0 Å². The molecular weight excluding hydrogens is 236 g/mol. The average molecular weight is 244 g/mol. The number of nitrogen functional groups attached to an aromatic ring is 1. The van der Waals surface area contributed by atoms with Crippen LogP contribution in [0.2, 0.25) is 0 Å². The standard InChI is InChI=1S/C10H8N6O2/c11-5-6-2-1-3-7(4-6)13-10(14-17)8-9(12)16-18-15-8/h1-4,17H,(H2,12,16)(H,13,14). The van der Waals surface area contributed by atoms with Gasteiger partial charge < -0.3 is 16.3 Å². The van der Waals surface area contributed by atoms with Crippen molar-refractivity contribution in [2.45, 2.75) is 0 Å². The van der Waals surface area contributed by atoms with Crippen molar-refractivity contribution in [3.8, 4) is 6.07 Å². The van der Waals surface area contributed by atoms with E-state index in [9.17, 15) is 0 Å². The quantitative estimate of drug-likeness (QED) is 0.307. The Hall–Kier alpha value is -3.08. The maximum absolute atomic E-state index is 8.91. The van der Waals surface area contributed by atoms with Crippen molar-refractivity contribution in [2.24, 2.45) is 5.16 Å². The van der Waals surface area contributed by atoms with Crippen molar-refractivity contribution >= 4 is 17.3 Å². The Bertz CT molecular complexity index is 627. The first-order valence-corrected chi connectivity index (χ1v) is 4.82. The molecule has 0 aliphatic heterocycles. The van der Waals surface area contributed by atoms with Gasteiger partial charge in [-0.1, -0.05) is 11.2 Å². The van der Waals surface area contributed by atoms with E-state index in [0.29, 0.717) is 11.3 Å². The molecule has 0 atom stereocenters. The van der Waals surface area contributed by atoms with E-state index in [1.54, 1.807) is 24.3 Å². The summed E-state index contributed by atoms with van der Waals surface area (Å²) in [6.45, 7) is 0. The number of aromatic nitrogens is 2. The third-order valence-electron chi connectivity index (χ3n) is 2.09. The minimum absolute atomic E-state index is 0.00765. The first kappa shape index (κ1) is 11.4. The van der Waals surface area contributed by atoms with Gasteiger partial charge in [-0.2, -0.15) is 5.26 Å². The molecular formula is C10H8N6O2. The lowest BCUT2D eigenvalue weighted by molar-refractivity contribution is 0.305. The molecule has 8 nitrogen and oxygen atoms in total. The molecule has 0 fully saturated rings. The van der Waals surface area contributed by atoms with Crippen LogP contribution in [0.4, 0.5) is 11.5 Å². The lowest BCUT2D eigenvalue weighted by Crippen LogP contribution is -2.16. The topological polar surface area (TPSA) is 133 Å². The summed E-state index contributed by atoms with van der Waals surface area (Å²) in [5.41, 5.74) is 6.57. The van der Waals surface area contributed by atoms with Crippen LogP contribution in [-0.2, 0) is 0 Å². The van der Waals surface area contributed by atoms with Gasteiger partial charge in [0, 0.05) is 5.69 Å². The van der Waals surface area contributed by atoms with E-state index in [1.165, 1.54) is 0 Å². The van der Waals surface area contributed by atoms with Crippen molar-refractivity contribution in [2.75, 3.05) is 11.1 Å². The number of hydrogen-bond donors (Lipinski definition) is 3. The monoisotopic (exact) mass is 244 g/mol. The summed E-state index contributed by atoms with van der Waals surface area (Å²) in [6, 6.07) is 8.59. The zero-order valence-corrected chi connectivity index (χ0v) is 9.03. The Morgan fingerprint density at radius 2 is 2.33 bits per heavy atom. The number of anilines is 2. The highest BCUT2D eigenvalue weighted by molar-refractivity contribution is 6.09. The van der Waals surface area contributed by atoms with Gasteiger partial charge >= 0.3 is 0 Å². The van der Waals surface area contributed by atoms with Crippen molar-refractivity contribution in [1.82, 2.24) is 10.3 Å². The zero-order chi connectivity index (χ0) is 13.0. The van der Waals surface area contributed by atoms with Gasteiger partial charge in [-0.25, -0.2) is 4.63 Å². The third kappa shape index (κ3) is 2.19. The molecule has 4 N–H and O–H groups in total. The van der Waals surface area contributed by atoms with Gasteiger partial charge in [-0.15, -0.1) is 0 Å². The van der Waals surface area contributed by atoms with Gasteiger partial charge in [-0.3, -0.25) is 0 Å². The maximum Gasteiger partial charge on any atom is 0.203 e. The molecule has 0 aliphatic rings. The number of benzene rings is 1. The molecule has 0 spiro atoms. The number of rotatable bonds is 2. The summed E-state index contributed by atoms with van der Waals surface area (Å²) in [6.07, 6.45) is 0. The van der Waals surface area contributed by atoms with Crippen LogP contribution in [0, 0.1) is 11.3 Å². The molecule has 1 heterocycles. The van der Waals surface area contributed by atoms with Gasteiger partial charge in [-0.05, 0) is 28.5 Å². The smallest absolute Gasteiger partial charge is 0.203 e. The summed E-state index contributed by atoms with van der Waals surface area (Å²) < 4.78 is 4.40.